The molecular weight excluding hydrogens is 295 g/mol. The van der Waals surface area contributed by atoms with Crippen LogP contribution in [0.3, 0.4) is 0 Å². The van der Waals surface area contributed by atoms with E-state index in [0.717, 1.165) is 11.5 Å². The van der Waals surface area contributed by atoms with Gasteiger partial charge in [0.15, 0.2) is 0 Å². The molecule has 0 aliphatic rings. The van der Waals surface area contributed by atoms with Crippen LogP contribution < -0.4 is 0 Å². The van der Waals surface area contributed by atoms with Crippen LogP contribution in [-0.2, 0) is 0 Å². The molecule has 0 saturated heterocycles. The molecule has 2 atom stereocenters. The second-order valence-electron chi connectivity index (χ2n) is 4.29. The molecule has 0 aliphatic carbocycles. The van der Waals surface area contributed by atoms with E-state index in [1.165, 1.54) is 11.1 Å². The predicted octanol–water partition coefficient (Wildman–Crippen LogP) is 5.68. The second kappa shape index (κ2) is 7.84. The zero-order valence-corrected chi connectivity index (χ0v) is 12.8. The van der Waals surface area contributed by atoms with E-state index in [9.17, 15) is 0 Å². The van der Waals surface area contributed by atoms with Crippen LogP contribution in [0.25, 0.3) is 0 Å². The van der Waals surface area contributed by atoms with E-state index in [-0.39, 0.29) is 10.8 Å². The highest BCUT2D eigenvalue weighted by atomic mass is 35.5. The zero-order chi connectivity index (χ0) is 13.5. The molecule has 0 amide bonds. The molecule has 0 N–H and O–H groups in total. The number of hydrogen-bond donors (Lipinski definition) is 0. The van der Waals surface area contributed by atoms with Crippen molar-refractivity contribution in [3.63, 3.8) is 0 Å². The van der Waals surface area contributed by atoms with E-state index in [1.807, 2.05) is 36.4 Å². The van der Waals surface area contributed by atoms with Crippen molar-refractivity contribution < 1.29 is 0 Å². The van der Waals surface area contributed by atoms with Gasteiger partial charge in [0.2, 0.25) is 0 Å². The fraction of sp³-hybridized carbons (Fsp3) is 0.250. The molecule has 100 valence electrons. The smallest absolute Gasteiger partial charge is 0.0675 e. The summed E-state index contributed by atoms with van der Waals surface area (Å²) in [7, 11) is 0. The van der Waals surface area contributed by atoms with Gasteiger partial charge in [-0.05, 0) is 11.1 Å². The Balaban J connectivity index is 1.78. The normalized spacial score (nSPS) is 14.0. The van der Waals surface area contributed by atoms with Crippen LogP contribution in [0.15, 0.2) is 60.7 Å². The Morgan fingerprint density at radius 1 is 0.684 bits per heavy atom. The molecule has 0 spiro atoms. The number of thioether (sulfide) groups is 1. The summed E-state index contributed by atoms with van der Waals surface area (Å²) in [6.45, 7) is 0. The fourth-order valence-corrected chi connectivity index (χ4v) is 3.55. The maximum atomic E-state index is 6.37. The Bertz CT molecular complexity index is 427. The van der Waals surface area contributed by atoms with Crippen molar-refractivity contribution in [2.75, 3.05) is 11.5 Å². The molecule has 19 heavy (non-hydrogen) atoms. The summed E-state index contributed by atoms with van der Waals surface area (Å²) in [5.41, 5.74) is 2.34. The number of halogens is 2. The van der Waals surface area contributed by atoms with Crippen molar-refractivity contribution in [2.45, 2.75) is 10.8 Å². The summed E-state index contributed by atoms with van der Waals surface area (Å²) in [5, 5.41) is 0.0941. The topological polar surface area (TPSA) is 0 Å². The number of hydrogen-bond acceptors (Lipinski definition) is 1. The van der Waals surface area contributed by atoms with Crippen molar-refractivity contribution in [2.24, 2.45) is 0 Å². The lowest BCUT2D eigenvalue weighted by Crippen LogP contribution is -1.98. The zero-order valence-electron chi connectivity index (χ0n) is 10.5. The Labute approximate surface area is 129 Å². The first-order valence-electron chi connectivity index (χ1n) is 6.23. The molecule has 0 heterocycles. The van der Waals surface area contributed by atoms with Crippen molar-refractivity contribution >= 4 is 35.0 Å². The van der Waals surface area contributed by atoms with E-state index >= 15 is 0 Å². The number of alkyl halides is 2. The van der Waals surface area contributed by atoms with Crippen molar-refractivity contribution in [3.05, 3.63) is 71.8 Å². The van der Waals surface area contributed by atoms with Gasteiger partial charge in [-0.15, -0.1) is 23.2 Å². The van der Waals surface area contributed by atoms with Gasteiger partial charge in [-0.25, -0.2) is 0 Å². The molecule has 0 saturated carbocycles. The molecule has 0 aromatic heterocycles. The van der Waals surface area contributed by atoms with Crippen LogP contribution in [0.1, 0.15) is 21.9 Å². The van der Waals surface area contributed by atoms with Crippen molar-refractivity contribution in [1.29, 1.82) is 0 Å². The highest BCUT2D eigenvalue weighted by Crippen LogP contribution is 2.29. The molecule has 3 heteroatoms. The van der Waals surface area contributed by atoms with E-state index < -0.39 is 0 Å². The Kier molecular flexibility index (Phi) is 6.09. The quantitative estimate of drug-likeness (QED) is 0.618. The number of benzene rings is 2. The molecule has 0 bridgehead atoms. The fourth-order valence-electron chi connectivity index (χ4n) is 1.79. The van der Waals surface area contributed by atoms with Crippen LogP contribution in [0.5, 0.6) is 0 Å². The summed E-state index contributed by atoms with van der Waals surface area (Å²) < 4.78 is 0. The van der Waals surface area contributed by atoms with Crippen molar-refractivity contribution in [3.8, 4) is 0 Å². The molecule has 0 unspecified atom stereocenters. The van der Waals surface area contributed by atoms with Crippen LogP contribution in [0.2, 0.25) is 0 Å². The molecule has 2 aromatic carbocycles. The lowest BCUT2D eigenvalue weighted by Gasteiger charge is -2.12. The maximum Gasteiger partial charge on any atom is 0.0675 e. The highest BCUT2D eigenvalue weighted by Gasteiger charge is 2.11. The predicted molar refractivity (Wildman–Crippen MR) is 87.4 cm³/mol. The Morgan fingerprint density at radius 3 is 1.42 bits per heavy atom. The molecular formula is C16H16Cl2S. The standard InChI is InChI=1S/C16H16Cl2S/c17-15(13-7-3-1-4-8-13)11-19-12-16(18)14-9-5-2-6-10-14/h1-10,15-16H,11-12H2/t15-,16-/m1/s1. The maximum absolute atomic E-state index is 6.37. The van der Waals surface area contributed by atoms with Gasteiger partial charge in [-0.1, -0.05) is 60.7 Å². The SMILES string of the molecule is Cl[C@H](CSC[C@@H](Cl)c1ccccc1)c1ccccc1. The van der Waals surface area contributed by atoms with Gasteiger partial charge in [-0.2, -0.15) is 11.8 Å². The van der Waals surface area contributed by atoms with Gasteiger partial charge in [0, 0.05) is 11.5 Å². The molecule has 0 radical (unpaired) electrons. The van der Waals surface area contributed by atoms with E-state index in [2.05, 4.69) is 24.3 Å². The molecule has 0 fully saturated rings. The minimum absolute atomic E-state index is 0.0471. The average molecular weight is 311 g/mol. The largest absolute Gasteiger partial charge is 0.158 e. The van der Waals surface area contributed by atoms with Crippen LogP contribution >= 0.6 is 35.0 Å². The summed E-state index contributed by atoms with van der Waals surface area (Å²) in [5.74, 6) is 1.75. The van der Waals surface area contributed by atoms with Gasteiger partial charge in [0.25, 0.3) is 0 Å². The van der Waals surface area contributed by atoms with Gasteiger partial charge in [0.1, 0.15) is 0 Å². The minimum Gasteiger partial charge on any atom is -0.158 e. The Morgan fingerprint density at radius 2 is 1.05 bits per heavy atom. The first-order chi connectivity index (χ1) is 9.27. The van der Waals surface area contributed by atoms with Gasteiger partial charge < -0.3 is 0 Å². The van der Waals surface area contributed by atoms with Gasteiger partial charge in [-0.3, -0.25) is 0 Å². The lowest BCUT2D eigenvalue weighted by atomic mass is 10.2. The third kappa shape index (κ3) is 4.76. The Hall–Kier alpha value is -0.630. The van der Waals surface area contributed by atoms with E-state index in [4.69, 9.17) is 23.2 Å². The monoisotopic (exact) mass is 310 g/mol. The third-order valence-corrected chi connectivity index (χ3v) is 5.17. The minimum atomic E-state index is 0.0471. The lowest BCUT2D eigenvalue weighted by molar-refractivity contribution is 1.07. The number of rotatable bonds is 6. The average Bonchev–Trinajstić information content (AvgIpc) is 2.49. The molecule has 0 aliphatic heterocycles. The first-order valence-corrected chi connectivity index (χ1v) is 8.26. The van der Waals surface area contributed by atoms with Crippen LogP contribution in [0, 0.1) is 0 Å². The molecule has 2 aromatic rings. The summed E-state index contributed by atoms with van der Waals surface area (Å²) in [6, 6.07) is 20.3. The van der Waals surface area contributed by atoms with Crippen LogP contribution in [-0.4, -0.2) is 11.5 Å². The molecule has 2 rings (SSSR count). The highest BCUT2D eigenvalue weighted by molar-refractivity contribution is 7.99. The van der Waals surface area contributed by atoms with Gasteiger partial charge in [0.05, 0.1) is 10.8 Å². The van der Waals surface area contributed by atoms with E-state index in [1.54, 1.807) is 11.8 Å². The van der Waals surface area contributed by atoms with E-state index in [0.29, 0.717) is 0 Å². The molecule has 0 nitrogen and oxygen atoms in total. The first kappa shape index (κ1) is 14.8. The van der Waals surface area contributed by atoms with Gasteiger partial charge >= 0.3 is 0 Å². The van der Waals surface area contributed by atoms with Crippen molar-refractivity contribution in [1.82, 2.24) is 0 Å². The summed E-state index contributed by atoms with van der Waals surface area (Å²) >= 11 is 14.5. The third-order valence-electron chi connectivity index (χ3n) is 2.85. The summed E-state index contributed by atoms with van der Waals surface area (Å²) in [4.78, 5) is 0. The second-order valence-corrected chi connectivity index (χ2v) is 6.42. The summed E-state index contributed by atoms with van der Waals surface area (Å²) in [6.07, 6.45) is 0. The van der Waals surface area contributed by atoms with Crippen LogP contribution in [0.4, 0.5) is 0 Å².